The van der Waals surface area contributed by atoms with Gasteiger partial charge in [-0.3, -0.25) is 9.59 Å². The van der Waals surface area contributed by atoms with Crippen LogP contribution < -0.4 is 15.6 Å². The lowest BCUT2D eigenvalue weighted by molar-refractivity contribution is -0.116. The molecule has 0 radical (unpaired) electrons. The number of rotatable bonds is 5. The zero-order valence-electron chi connectivity index (χ0n) is 15.2. The molecule has 3 rings (SSSR count). The number of aromatic amines is 1. The molecule has 26 heavy (non-hydrogen) atoms. The van der Waals surface area contributed by atoms with E-state index in [1.165, 1.54) is 5.56 Å². The number of methoxy groups -OCH3 is 1. The van der Waals surface area contributed by atoms with Crippen molar-refractivity contribution in [3.05, 3.63) is 69.5 Å². The minimum absolute atomic E-state index is 0.109. The monoisotopic (exact) mass is 350 g/mol. The minimum Gasteiger partial charge on any atom is -0.497 e. The third kappa shape index (κ3) is 3.94. The van der Waals surface area contributed by atoms with E-state index in [0.717, 1.165) is 22.2 Å². The average Bonchev–Trinajstić information content (AvgIpc) is 2.62. The van der Waals surface area contributed by atoms with Crippen LogP contribution in [-0.2, 0) is 11.2 Å². The Labute approximate surface area is 152 Å². The number of aromatic nitrogens is 1. The van der Waals surface area contributed by atoms with Crippen LogP contribution in [0.15, 0.2) is 47.3 Å². The lowest BCUT2D eigenvalue weighted by Gasteiger charge is -2.08. The van der Waals surface area contributed by atoms with Crippen LogP contribution in [0.5, 0.6) is 5.75 Å². The van der Waals surface area contributed by atoms with E-state index >= 15 is 0 Å². The van der Waals surface area contributed by atoms with Gasteiger partial charge in [0.05, 0.1) is 12.6 Å². The Morgan fingerprint density at radius 2 is 1.88 bits per heavy atom. The summed E-state index contributed by atoms with van der Waals surface area (Å²) in [7, 11) is 1.59. The standard InChI is InChI=1S/C21H22N2O3/c1-13-4-7-17(10-14(13)2)22-20(24)9-6-16-11-15-5-8-18(26-3)12-19(15)23-21(16)25/h4-5,7-8,10-12H,6,9H2,1-3H3,(H,22,24)(H,23,25). The number of nitrogens with one attached hydrogen (secondary N) is 2. The summed E-state index contributed by atoms with van der Waals surface area (Å²) in [6.45, 7) is 4.04. The molecule has 2 N–H and O–H groups in total. The maximum absolute atomic E-state index is 12.3. The van der Waals surface area contributed by atoms with E-state index < -0.39 is 0 Å². The van der Waals surface area contributed by atoms with Crippen molar-refractivity contribution in [1.29, 1.82) is 0 Å². The number of aryl methyl sites for hydroxylation is 3. The van der Waals surface area contributed by atoms with Crippen LogP contribution in [0.4, 0.5) is 5.69 Å². The number of hydrogen-bond acceptors (Lipinski definition) is 3. The van der Waals surface area contributed by atoms with Crippen LogP contribution in [0.25, 0.3) is 10.9 Å². The fourth-order valence-corrected chi connectivity index (χ4v) is 2.83. The molecule has 1 heterocycles. The number of hydrogen-bond donors (Lipinski definition) is 2. The normalized spacial score (nSPS) is 10.7. The average molecular weight is 350 g/mol. The lowest BCUT2D eigenvalue weighted by atomic mass is 10.1. The number of pyridine rings is 1. The molecule has 0 fully saturated rings. The number of anilines is 1. The Balaban J connectivity index is 1.70. The Kier molecular flexibility index (Phi) is 5.07. The highest BCUT2D eigenvalue weighted by Gasteiger charge is 2.08. The van der Waals surface area contributed by atoms with E-state index in [4.69, 9.17) is 4.74 Å². The molecule has 0 saturated heterocycles. The number of H-pyrrole nitrogens is 1. The minimum atomic E-state index is -0.176. The topological polar surface area (TPSA) is 71.2 Å². The zero-order chi connectivity index (χ0) is 18.7. The first-order chi connectivity index (χ1) is 12.5. The summed E-state index contributed by atoms with van der Waals surface area (Å²) >= 11 is 0. The maximum Gasteiger partial charge on any atom is 0.251 e. The molecule has 2 aromatic carbocycles. The molecule has 0 bridgehead atoms. The highest BCUT2D eigenvalue weighted by Crippen LogP contribution is 2.19. The van der Waals surface area contributed by atoms with Gasteiger partial charge < -0.3 is 15.0 Å². The van der Waals surface area contributed by atoms with Crippen LogP contribution in [-0.4, -0.2) is 18.0 Å². The molecule has 0 aliphatic rings. The van der Waals surface area contributed by atoms with Crippen molar-refractivity contribution < 1.29 is 9.53 Å². The molecular weight excluding hydrogens is 328 g/mol. The SMILES string of the molecule is COc1ccc2cc(CCC(=O)Nc3ccc(C)c(C)c3)c(=O)[nH]c2c1. The van der Waals surface area contributed by atoms with E-state index in [1.54, 1.807) is 13.2 Å². The van der Waals surface area contributed by atoms with E-state index in [2.05, 4.69) is 10.3 Å². The van der Waals surface area contributed by atoms with Crippen molar-refractivity contribution in [2.24, 2.45) is 0 Å². The summed E-state index contributed by atoms with van der Waals surface area (Å²) in [5.41, 5.74) is 4.23. The quantitative estimate of drug-likeness (QED) is 0.737. The fourth-order valence-electron chi connectivity index (χ4n) is 2.83. The van der Waals surface area contributed by atoms with Crippen LogP contribution in [0.3, 0.4) is 0 Å². The lowest BCUT2D eigenvalue weighted by Crippen LogP contribution is -2.17. The summed E-state index contributed by atoms with van der Waals surface area (Å²) in [5.74, 6) is 0.580. The van der Waals surface area contributed by atoms with Gasteiger partial charge in [0.2, 0.25) is 5.91 Å². The van der Waals surface area contributed by atoms with Gasteiger partial charge in [0.1, 0.15) is 5.75 Å². The summed E-state index contributed by atoms with van der Waals surface area (Å²) in [5, 5.41) is 3.80. The van der Waals surface area contributed by atoms with E-state index in [1.807, 2.05) is 50.2 Å². The molecule has 134 valence electrons. The Morgan fingerprint density at radius 1 is 1.08 bits per heavy atom. The number of amides is 1. The van der Waals surface area contributed by atoms with Gasteiger partial charge in [0.25, 0.3) is 5.56 Å². The highest BCUT2D eigenvalue weighted by atomic mass is 16.5. The van der Waals surface area contributed by atoms with Crippen LogP contribution in [0.2, 0.25) is 0 Å². The molecule has 1 aromatic heterocycles. The van der Waals surface area contributed by atoms with Crippen molar-refractivity contribution in [2.75, 3.05) is 12.4 Å². The molecule has 5 heteroatoms. The molecule has 0 aliphatic heterocycles. The van der Waals surface area contributed by atoms with E-state index in [-0.39, 0.29) is 17.9 Å². The molecule has 0 unspecified atom stereocenters. The van der Waals surface area contributed by atoms with Crippen LogP contribution in [0, 0.1) is 13.8 Å². The highest BCUT2D eigenvalue weighted by molar-refractivity contribution is 5.91. The molecule has 3 aromatic rings. The predicted octanol–water partition coefficient (Wildman–Crippen LogP) is 3.72. The van der Waals surface area contributed by atoms with Crippen molar-refractivity contribution in [2.45, 2.75) is 26.7 Å². The zero-order valence-corrected chi connectivity index (χ0v) is 15.2. The molecule has 1 amide bonds. The predicted molar refractivity (Wildman–Crippen MR) is 104 cm³/mol. The first kappa shape index (κ1) is 17.7. The van der Waals surface area contributed by atoms with Gasteiger partial charge in [-0.15, -0.1) is 0 Å². The Bertz CT molecular complexity index is 1020. The Hall–Kier alpha value is -3.08. The van der Waals surface area contributed by atoms with Crippen molar-refractivity contribution in [3.63, 3.8) is 0 Å². The summed E-state index contributed by atoms with van der Waals surface area (Å²) in [6, 6.07) is 13.2. The van der Waals surface area contributed by atoms with Gasteiger partial charge in [0, 0.05) is 23.7 Å². The van der Waals surface area contributed by atoms with Gasteiger partial charge in [-0.05, 0) is 67.1 Å². The van der Waals surface area contributed by atoms with Crippen molar-refractivity contribution >= 4 is 22.5 Å². The maximum atomic E-state index is 12.3. The van der Waals surface area contributed by atoms with Crippen LogP contribution in [0.1, 0.15) is 23.1 Å². The second-order valence-corrected chi connectivity index (χ2v) is 6.42. The fraction of sp³-hybridized carbons (Fsp3) is 0.238. The van der Waals surface area contributed by atoms with Gasteiger partial charge >= 0.3 is 0 Å². The second-order valence-electron chi connectivity index (χ2n) is 6.42. The number of fused-ring (bicyclic) bond motifs is 1. The number of carbonyl (C=O) groups excluding carboxylic acids is 1. The number of ether oxygens (including phenoxy) is 1. The van der Waals surface area contributed by atoms with Crippen molar-refractivity contribution in [3.8, 4) is 5.75 Å². The Morgan fingerprint density at radius 3 is 2.62 bits per heavy atom. The first-order valence-corrected chi connectivity index (χ1v) is 8.53. The first-order valence-electron chi connectivity index (χ1n) is 8.53. The third-order valence-corrected chi connectivity index (χ3v) is 4.54. The summed E-state index contributed by atoms with van der Waals surface area (Å²) in [4.78, 5) is 27.3. The van der Waals surface area contributed by atoms with Gasteiger partial charge in [-0.1, -0.05) is 6.07 Å². The van der Waals surface area contributed by atoms with Gasteiger partial charge in [-0.2, -0.15) is 0 Å². The van der Waals surface area contributed by atoms with Gasteiger partial charge in [-0.25, -0.2) is 0 Å². The van der Waals surface area contributed by atoms with Gasteiger partial charge in [0.15, 0.2) is 0 Å². The molecule has 0 atom stereocenters. The summed E-state index contributed by atoms with van der Waals surface area (Å²) in [6.07, 6.45) is 0.631. The van der Waals surface area contributed by atoms with E-state index in [0.29, 0.717) is 17.7 Å². The third-order valence-electron chi connectivity index (χ3n) is 4.54. The molecule has 0 saturated carbocycles. The molecule has 0 spiro atoms. The number of carbonyl (C=O) groups is 1. The molecule has 0 aliphatic carbocycles. The smallest absolute Gasteiger partial charge is 0.251 e. The van der Waals surface area contributed by atoms with E-state index in [9.17, 15) is 9.59 Å². The molecule has 5 nitrogen and oxygen atoms in total. The second kappa shape index (κ2) is 7.44. The number of benzene rings is 2. The summed E-state index contributed by atoms with van der Waals surface area (Å²) < 4.78 is 5.17. The largest absolute Gasteiger partial charge is 0.497 e. The molecular formula is C21H22N2O3. The van der Waals surface area contributed by atoms with Crippen LogP contribution >= 0.6 is 0 Å². The van der Waals surface area contributed by atoms with Crippen molar-refractivity contribution in [1.82, 2.24) is 4.98 Å².